The Balaban J connectivity index is 1.85. The summed E-state index contributed by atoms with van der Waals surface area (Å²) >= 11 is 0. The van der Waals surface area contributed by atoms with E-state index in [4.69, 9.17) is 9.63 Å². The molecule has 19 heavy (non-hydrogen) atoms. The van der Waals surface area contributed by atoms with E-state index in [2.05, 4.69) is 10.5 Å². The molecule has 0 saturated carbocycles. The number of aryl methyl sites for hydroxylation is 1. The molecule has 1 saturated heterocycles. The van der Waals surface area contributed by atoms with E-state index in [9.17, 15) is 9.59 Å². The maximum absolute atomic E-state index is 11.8. The monoisotopic (exact) mass is 267 g/mol. The lowest BCUT2D eigenvalue weighted by molar-refractivity contribution is -0.138. The van der Waals surface area contributed by atoms with Crippen LogP contribution in [0.25, 0.3) is 0 Å². The standard InChI is InChI=1S/C12H17N3O4/c1-8-5-10(14-19-8)13-11(16)7-15-4-2-3-9(15)6-12(17)18/h5,9H,2-4,6-7H2,1H3,(H,17,18)(H,13,14,16). The number of nitrogens with zero attached hydrogens (tertiary/aromatic N) is 2. The van der Waals surface area contributed by atoms with E-state index in [1.54, 1.807) is 13.0 Å². The second-order valence-electron chi connectivity index (χ2n) is 4.74. The zero-order chi connectivity index (χ0) is 13.8. The maximum atomic E-state index is 11.8. The highest BCUT2D eigenvalue weighted by Crippen LogP contribution is 2.19. The zero-order valence-electron chi connectivity index (χ0n) is 10.8. The number of carboxylic acids is 1. The minimum absolute atomic E-state index is 0.0534. The number of rotatable bonds is 5. The van der Waals surface area contributed by atoms with E-state index < -0.39 is 5.97 Å². The summed E-state index contributed by atoms with van der Waals surface area (Å²) in [5.41, 5.74) is 0. The van der Waals surface area contributed by atoms with E-state index in [1.807, 2.05) is 4.90 Å². The van der Waals surface area contributed by atoms with Crippen LogP contribution in [0.5, 0.6) is 0 Å². The van der Waals surface area contributed by atoms with E-state index in [-0.39, 0.29) is 24.9 Å². The number of hydrogen-bond donors (Lipinski definition) is 2. The van der Waals surface area contributed by atoms with Gasteiger partial charge in [-0.15, -0.1) is 0 Å². The smallest absolute Gasteiger partial charge is 0.304 e. The van der Waals surface area contributed by atoms with Crippen LogP contribution in [0.3, 0.4) is 0 Å². The van der Waals surface area contributed by atoms with Gasteiger partial charge in [-0.1, -0.05) is 5.16 Å². The van der Waals surface area contributed by atoms with Gasteiger partial charge >= 0.3 is 5.97 Å². The van der Waals surface area contributed by atoms with Crippen LogP contribution < -0.4 is 5.32 Å². The van der Waals surface area contributed by atoms with Gasteiger partial charge in [0.2, 0.25) is 5.91 Å². The van der Waals surface area contributed by atoms with Gasteiger partial charge in [-0.2, -0.15) is 0 Å². The topological polar surface area (TPSA) is 95.7 Å². The van der Waals surface area contributed by atoms with Crippen molar-refractivity contribution >= 4 is 17.7 Å². The van der Waals surface area contributed by atoms with Gasteiger partial charge in [-0.3, -0.25) is 14.5 Å². The molecule has 1 aromatic heterocycles. The molecule has 2 heterocycles. The summed E-state index contributed by atoms with van der Waals surface area (Å²) in [6.07, 6.45) is 1.83. The van der Waals surface area contributed by atoms with Gasteiger partial charge in [0, 0.05) is 12.1 Å². The van der Waals surface area contributed by atoms with Crippen molar-refractivity contribution in [3.63, 3.8) is 0 Å². The fraction of sp³-hybridized carbons (Fsp3) is 0.583. The molecule has 1 aliphatic heterocycles. The normalized spacial score (nSPS) is 19.5. The predicted molar refractivity (Wildman–Crippen MR) is 66.7 cm³/mol. The third-order valence-corrected chi connectivity index (χ3v) is 3.15. The predicted octanol–water partition coefficient (Wildman–Crippen LogP) is 0.861. The first-order valence-electron chi connectivity index (χ1n) is 6.23. The summed E-state index contributed by atoms with van der Waals surface area (Å²) in [6.45, 7) is 2.68. The van der Waals surface area contributed by atoms with Gasteiger partial charge in [0.15, 0.2) is 5.82 Å². The fourth-order valence-corrected chi connectivity index (χ4v) is 2.33. The van der Waals surface area contributed by atoms with Crippen LogP contribution in [-0.4, -0.2) is 46.2 Å². The average Bonchev–Trinajstić information content (AvgIpc) is 2.88. The number of nitrogens with one attached hydrogen (secondary N) is 1. The van der Waals surface area contributed by atoms with Crippen LogP contribution in [0.4, 0.5) is 5.82 Å². The summed E-state index contributed by atoms with van der Waals surface area (Å²) in [7, 11) is 0. The third kappa shape index (κ3) is 3.78. The zero-order valence-corrected chi connectivity index (χ0v) is 10.8. The largest absolute Gasteiger partial charge is 0.481 e. The highest BCUT2D eigenvalue weighted by Gasteiger charge is 2.28. The third-order valence-electron chi connectivity index (χ3n) is 3.15. The first-order valence-corrected chi connectivity index (χ1v) is 6.23. The molecule has 2 rings (SSSR count). The van der Waals surface area contributed by atoms with Crippen LogP contribution in [0.1, 0.15) is 25.0 Å². The van der Waals surface area contributed by atoms with Crippen molar-refractivity contribution < 1.29 is 19.2 Å². The molecule has 2 N–H and O–H groups in total. The Morgan fingerprint density at radius 3 is 3.05 bits per heavy atom. The van der Waals surface area contributed by atoms with Crippen molar-refractivity contribution in [3.8, 4) is 0 Å². The van der Waals surface area contributed by atoms with E-state index in [1.165, 1.54) is 0 Å². The quantitative estimate of drug-likeness (QED) is 0.821. The second-order valence-corrected chi connectivity index (χ2v) is 4.74. The Morgan fingerprint density at radius 1 is 1.63 bits per heavy atom. The molecular weight excluding hydrogens is 250 g/mol. The molecule has 7 nitrogen and oxygen atoms in total. The molecular formula is C12H17N3O4. The molecule has 0 aliphatic carbocycles. The Kier molecular flexibility index (Phi) is 4.16. The fourth-order valence-electron chi connectivity index (χ4n) is 2.33. The van der Waals surface area contributed by atoms with Gasteiger partial charge < -0.3 is 14.9 Å². The number of carboxylic acid groups (broad SMARTS) is 1. The van der Waals surface area contributed by atoms with E-state index in [0.29, 0.717) is 11.6 Å². The highest BCUT2D eigenvalue weighted by molar-refractivity contribution is 5.91. The molecule has 1 fully saturated rings. The summed E-state index contributed by atoms with van der Waals surface area (Å²) in [5, 5.41) is 15.1. The molecule has 0 spiro atoms. The molecule has 1 aromatic rings. The van der Waals surface area contributed by atoms with Gasteiger partial charge in [-0.25, -0.2) is 0 Å². The first kappa shape index (κ1) is 13.5. The summed E-state index contributed by atoms with van der Waals surface area (Å²) in [4.78, 5) is 24.5. The minimum atomic E-state index is -0.829. The molecule has 7 heteroatoms. The van der Waals surface area contributed by atoms with E-state index >= 15 is 0 Å². The molecule has 1 atom stereocenters. The minimum Gasteiger partial charge on any atom is -0.481 e. The first-order chi connectivity index (χ1) is 9.04. The number of hydrogen-bond acceptors (Lipinski definition) is 5. The van der Waals surface area contributed by atoms with Crippen molar-refractivity contribution in [1.29, 1.82) is 0 Å². The average molecular weight is 267 g/mol. The lowest BCUT2D eigenvalue weighted by Crippen LogP contribution is -2.37. The number of carbonyl (C=O) groups excluding carboxylic acids is 1. The molecule has 1 amide bonds. The Morgan fingerprint density at radius 2 is 2.42 bits per heavy atom. The second kappa shape index (κ2) is 5.83. The lowest BCUT2D eigenvalue weighted by Gasteiger charge is -2.21. The SMILES string of the molecule is Cc1cc(NC(=O)CN2CCCC2CC(=O)O)no1. The molecule has 0 aromatic carbocycles. The summed E-state index contributed by atoms with van der Waals surface area (Å²) < 4.78 is 4.85. The van der Waals surface area contributed by atoms with E-state index in [0.717, 1.165) is 19.4 Å². The van der Waals surface area contributed by atoms with Crippen LogP contribution >= 0.6 is 0 Å². The van der Waals surface area contributed by atoms with Crippen molar-refractivity contribution in [2.24, 2.45) is 0 Å². The van der Waals surface area contributed by atoms with Crippen molar-refractivity contribution in [1.82, 2.24) is 10.1 Å². The van der Waals surface area contributed by atoms with Crippen molar-refractivity contribution in [2.45, 2.75) is 32.2 Å². The number of likely N-dealkylation sites (tertiary alicyclic amines) is 1. The van der Waals surface area contributed by atoms with Crippen molar-refractivity contribution in [3.05, 3.63) is 11.8 Å². The van der Waals surface area contributed by atoms with Gasteiger partial charge in [0.25, 0.3) is 0 Å². The molecule has 1 unspecified atom stereocenters. The van der Waals surface area contributed by atoms with Crippen molar-refractivity contribution in [2.75, 3.05) is 18.4 Å². The number of carbonyl (C=O) groups is 2. The highest BCUT2D eigenvalue weighted by atomic mass is 16.5. The van der Waals surface area contributed by atoms with Gasteiger partial charge in [0.05, 0.1) is 13.0 Å². The summed E-state index contributed by atoms with van der Waals surface area (Å²) in [6, 6.07) is 1.58. The Hall–Kier alpha value is -1.89. The molecule has 0 bridgehead atoms. The Labute approximate surface area is 110 Å². The van der Waals surface area contributed by atoms with Crippen LogP contribution in [0.2, 0.25) is 0 Å². The summed E-state index contributed by atoms with van der Waals surface area (Å²) in [5.74, 6) is -0.0215. The molecule has 104 valence electrons. The number of aliphatic carboxylic acids is 1. The number of amides is 1. The Bertz CT molecular complexity index is 471. The van der Waals surface area contributed by atoms with Crippen LogP contribution in [-0.2, 0) is 9.59 Å². The maximum Gasteiger partial charge on any atom is 0.304 e. The lowest BCUT2D eigenvalue weighted by atomic mass is 10.1. The van der Waals surface area contributed by atoms with Gasteiger partial charge in [-0.05, 0) is 26.3 Å². The van der Waals surface area contributed by atoms with Crippen LogP contribution in [0.15, 0.2) is 10.6 Å². The number of anilines is 1. The van der Waals surface area contributed by atoms with Crippen LogP contribution in [0, 0.1) is 6.92 Å². The molecule has 0 radical (unpaired) electrons. The van der Waals surface area contributed by atoms with Gasteiger partial charge in [0.1, 0.15) is 5.76 Å². The number of aromatic nitrogens is 1. The molecule has 1 aliphatic rings.